The number of cyclic esters (lactones) is 1. The molecule has 11 atom stereocenters. The van der Waals surface area contributed by atoms with Gasteiger partial charge in [0.15, 0.2) is 35.6 Å². The number of phenolic OH excluding ortho intramolecular Hbond substituents is 1. The van der Waals surface area contributed by atoms with Crippen LogP contribution in [0.2, 0.25) is 0 Å². The fourth-order valence-electron chi connectivity index (χ4n) is 9.26. The number of phenols is 1. The van der Waals surface area contributed by atoms with Gasteiger partial charge in [0.25, 0.3) is 0 Å². The fourth-order valence-corrected chi connectivity index (χ4v) is 9.26. The molecule has 0 saturated carbocycles. The van der Waals surface area contributed by atoms with E-state index < -0.39 is 74.6 Å². The number of benzene rings is 3. The minimum absolute atomic E-state index is 0.0301. The van der Waals surface area contributed by atoms with E-state index in [-0.39, 0.29) is 37.3 Å². The molecule has 6 N–H and O–H groups in total. The monoisotopic (exact) mass is 909 g/mol. The number of esters is 1. The lowest BCUT2D eigenvalue weighted by atomic mass is 9.66. The number of rotatable bonds is 6. The minimum atomic E-state index is -4.64. The first-order valence-corrected chi connectivity index (χ1v) is 22.0. The Bertz CT molecular complexity index is 2380. The van der Waals surface area contributed by atoms with Crippen LogP contribution < -0.4 is 18.9 Å². The van der Waals surface area contributed by atoms with E-state index in [0.29, 0.717) is 34.2 Å². The van der Waals surface area contributed by atoms with Crippen molar-refractivity contribution >= 4 is 13.8 Å². The van der Waals surface area contributed by atoms with Crippen LogP contribution in [0.4, 0.5) is 0 Å². The van der Waals surface area contributed by atoms with Gasteiger partial charge in [0.05, 0.1) is 63.5 Å². The van der Waals surface area contributed by atoms with Crippen LogP contribution in [0.5, 0.6) is 28.7 Å². The third-order valence-electron chi connectivity index (χ3n) is 12.2. The van der Waals surface area contributed by atoms with Gasteiger partial charge >= 0.3 is 13.8 Å². The van der Waals surface area contributed by atoms with Gasteiger partial charge in [-0.2, -0.15) is 5.26 Å². The third kappa shape index (κ3) is 9.14. The van der Waals surface area contributed by atoms with Crippen LogP contribution in [0.1, 0.15) is 71.3 Å². The summed E-state index contributed by atoms with van der Waals surface area (Å²) in [5.74, 6) is -1.02. The number of hydrogen-bond acceptors (Lipinski definition) is 16. The molecule has 20 nitrogen and oxygen atoms in total. The Balaban J connectivity index is 0.000000209. The Morgan fingerprint density at radius 3 is 2.23 bits per heavy atom. The number of aliphatic hydroxyl groups excluding tert-OH is 2. The van der Waals surface area contributed by atoms with E-state index >= 15 is 0 Å². The van der Waals surface area contributed by atoms with Crippen molar-refractivity contribution in [2.24, 2.45) is 11.8 Å². The molecule has 342 valence electrons. The smallest absolute Gasteiger partial charge is 0.466 e. The second-order valence-corrected chi connectivity index (χ2v) is 17.0. The normalized spacial score (nSPS) is 29.7. The lowest BCUT2D eigenvalue weighted by Gasteiger charge is -2.47. The van der Waals surface area contributed by atoms with Gasteiger partial charge in [0, 0.05) is 23.7 Å². The molecule has 64 heavy (non-hydrogen) atoms. The SMILES string of the molecule is COc1cc([C@@H]2c3cc4c(cc3C(O[C@@H]3O[C@@H]5CO[C@@H](C)O[C@H]5[C@H](O)[C@H]3O)C3COC(=O)[C@@H]32)OCO4)cc(OC)c1O.N#Cc1ccc(C2CCCc3cncn32)cc1.O=P(O)(O)O. The standard InChI is InChI=1S/C29H32O13.C14H13N3.H3O4P/c1-11-36-9-20-27(40-11)24(31)25(32)29(41-20)42-26-14-7-17-16(38-10-39-17)6-13(14)21(22-15(26)8-37-28(22)33)12-4-18(34-2)23(30)19(5-12)35-3;15-8-11-4-6-12(7-5-11)14-3-1-2-13-9-16-10-17(13)14;1-5(2,3)4/h4-7,11,15,20-22,24-27,29-32H,8-10H2,1-3H3;4-7,9-10,14H,1-3H2;(H3,1,2,3,4)/t11-,15?,20-,21-,22+,24-,25-,26?,27-,29+;;/m1../s1. The molecule has 3 aromatic carbocycles. The van der Waals surface area contributed by atoms with E-state index in [4.69, 9.17) is 67.1 Å². The third-order valence-corrected chi connectivity index (χ3v) is 12.2. The van der Waals surface area contributed by atoms with Crippen LogP contribution in [0, 0.1) is 23.2 Å². The predicted octanol–water partition coefficient (Wildman–Crippen LogP) is 3.09. The second-order valence-electron chi connectivity index (χ2n) is 15.9. The molecule has 0 amide bonds. The zero-order chi connectivity index (χ0) is 45.4. The van der Waals surface area contributed by atoms with E-state index in [2.05, 4.69) is 27.8 Å². The average Bonchev–Trinajstić information content (AvgIpc) is 4.05. The molecule has 3 fully saturated rings. The first kappa shape index (κ1) is 45.3. The highest BCUT2D eigenvalue weighted by molar-refractivity contribution is 7.45. The summed E-state index contributed by atoms with van der Waals surface area (Å²) in [6.07, 6.45) is 0.542. The molecule has 3 unspecified atom stereocenters. The predicted molar refractivity (Wildman–Crippen MR) is 217 cm³/mol. The largest absolute Gasteiger partial charge is 0.502 e. The van der Waals surface area contributed by atoms with Crippen LogP contribution in [0.15, 0.2) is 61.1 Å². The van der Waals surface area contributed by atoms with E-state index in [1.807, 2.05) is 24.7 Å². The molecule has 21 heteroatoms. The summed E-state index contributed by atoms with van der Waals surface area (Å²) in [5, 5.41) is 41.3. The number of nitriles is 1. The number of phosphoric acid groups is 1. The number of methoxy groups -OCH3 is 2. The van der Waals surface area contributed by atoms with Crippen molar-refractivity contribution in [3.63, 3.8) is 0 Å². The first-order chi connectivity index (χ1) is 30.7. The van der Waals surface area contributed by atoms with Gasteiger partial charge < -0.3 is 77.2 Å². The Morgan fingerprint density at radius 1 is 0.906 bits per heavy atom. The van der Waals surface area contributed by atoms with Gasteiger partial charge in [-0.1, -0.05) is 12.1 Å². The minimum Gasteiger partial charge on any atom is -0.502 e. The fraction of sp³-hybridized carbons (Fsp3) is 0.465. The van der Waals surface area contributed by atoms with E-state index in [1.165, 1.54) is 31.9 Å². The summed E-state index contributed by atoms with van der Waals surface area (Å²) in [6, 6.07) is 17.3. The quantitative estimate of drug-likeness (QED) is 0.120. The van der Waals surface area contributed by atoms with Gasteiger partial charge in [-0.3, -0.25) is 4.79 Å². The van der Waals surface area contributed by atoms with E-state index in [0.717, 1.165) is 18.4 Å². The van der Waals surface area contributed by atoms with Crippen LogP contribution in [0.3, 0.4) is 0 Å². The molecule has 0 radical (unpaired) electrons. The molecule has 3 saturated heterocycles. The number of carbonyl (C=O) groups excluding carboxylic acids is 1. The van der Waals surface area contributed by atoms with Gasteiger partial charge in [-0.25, -0.2) is 9.55 Å². The lowest BCUT2D eigenvalue weighted by Crippen LogP contribution is -2.63. The van der Waals surface area contributed by atoms with Crippen molar-refractivity contribution in [1.29, 1.82) is 5.26 Å². The summed E-state index contributed by atoms with van der Waals surface area (Å²) in [7, 11) is -1.78. The number of aromatic hydroxyl groups is 1. The highest BCUT2D eigenvalue weighted by atomic mass is 31.2. The number of aliphatic hydroxyl groups is 2. The van der Waals surface area contributed by atoms with Crippen molar-refractivity contribution in [3.8, 4) is 34.8 Å². The molecule has 10 rings (SSSR count). The molecule has 1 aromatic heterocycles. The van der Waals surface area contributed by atoms with E-state index in [9.17, 15) is 20.1 Å². The van der Waals surface area contributed by atoms with Crippen LogP contribution in [-0.4, -0.2) is 117 Å². The van der Waals surface area contributed by atoms with Gasteiger partial charge in [-0.15, -0.1) is 0 Å². The Hall–Kier alpha value is -5.30. The molecule has 5 aliphatic heterocycles. The molecule has 6 aliphatic rings. The molecule has 4 aromatic rings. The number of hydrogen-bond donors (Lipinski definition) is 6. The number of nitrogens with zero attached hydrogens (tertiary/aromatic N) is 3. The molecule has 1 aliphatic carbocycles. The molecular formula is C43H48N3O17P. The maximum absolute atomic E-state index is 13.4. The average molecular weight is 910 g/mol. The first-order valence-electron chi connectivity index (χ1n) is 20.5. The Morgan fingerprint density at radius 2 is 1.58 bits per heavy atom. The van der Waals surface area contributed by atoms with Crippen molar-refractivity contribution < 1.29 is 82.0 Å². The molecule has 6 heterocycles. The molecular weight excluding hydrogens is 861 g/mol. The number of fused-ring (bicyclic) bond motifs is 5. The second kappa shape index (κ2) is 18.7. The summed E-state index contributed by atoms with van der Waals surface area (Å²) >= 11 is 0. The van der Waals surface area contributed by atoms with Crippen LogP contribution >= 0.6 is 7.82 Å². The lowest BCUT2D eigenvalue weighted by molar-refractivity contribution is -0.364. The van der Waals surface area contributed by atoms with Gasteiger partial charge in [0.1, 0.15) is 24.4 Å². The number of imidazole rings is 1. The maximum atomic E-state index is 13.4. The van der Waals surface area contributed by atoms with Gasteiger partial charge in [0.2, 0.25) is 12.5 Å². The summed E-state index contributed by atoms with van der Waals surface area (Å²) < 4.78 is 62.7. The van der Waals surface area contributed by atoms with Gasteiger partial charge in [-0.05, 0) is 84.8 Å². The topological polar surface area (TPSA) is 280 Å². The van der Waals surface area contributed by atoms with Crippen LogP contribution in [0.25, 0.3) is 0 Å². The highest BCUT2D eigenvalue weighted by Crippen LogP contribution is 2.57. The molecule has 0 bridgehead atoms. The Labute approximate surface area is 366 Å². The Kier molecular flexibility index (Phi) is 13.2. The summed E-state index contributed by atoms with van der Waals surface area (Å²) in [5.41, 5.74) is 5.31. The van der Waals surface area contributed by atoms with Crippen molar-refractivity contribution in [3.05, 3.63) is 94.6 Å². The highest BCUT2D eigenvalue weighted by Gasteiger charge is 2.56. The summed E-state index contributed by atoms with van der Waals surface area (Å²) in [4.78, 5) is 39.2. The van der Waals surface area contributed by atoms with Crippen molar-refractivity contribution in [2.75, 3.05) is 34.2 Å². The number of aryl methyl sites for hydroxylation is 1. The zero-order valence-electron chi connectivity index (χ0n) is 34.8. The number of aromatic nitrogens is 2. The van der Waals surface area contributed by atoms with Crippen molar-refractivity contribution in [2.45, 2.75) is 81.2 Å². The number of ether oxygens (including phenoxy) is 9. The van der Waals surface area contributed by atoms with Crippen LogP contribution in [-0.2, 0) is 39.5 Å². The zero-order valence-corrected chi connectivity index (χ0v) is 35.7. The molecule has 0 spiro atoms. The maximum Gasteiger partial charge on any atom is 0.466 e. The van der Waals surface area contributed by atoms with Crippen molar-refractivity contribution in [1.82, 2.24) is 9.55 Å². The number of carbonyl (C=O) groups is 1. The summed E-state index contributed by atoms with van der Waals surface area (Å²) in [6.45, 7) is 1.93. The van der Waals surface area contributed by atoms with E-state index in [1.54, 1.807) is 31.2 Å².